The van der Waals surface area contributed by atoms with E-state index >= 15 is 0 Å². The van der Waals surface area contributed by atoms with Crippen LogP contribution in [-0.4, -0.2) is 20.3 Å². The van der Waals surface area contributed by atoms with Crippen molar-refractivity contribution in [2.45, 2.75) is 30.5 Å². The second kappa shape index (κ2) is 8.58. The van der Waals surface area contributed by atoms with Gasteiger partial charge < -0.3 is 9.72 Å². The van der Waals surface area contributed by atoms with Crippen molar-refractivity contribution < 1.29 is 4.79 Å². The van der Waals surface area contributed by atoms with Gasteiger partial charge in [-0.2, -0.15) is 0 Å². The number of amides is 1. The van der Waals surface area contributed by atoms with Crippen molar-refractivity contribution in [3.05, 3.63) is 82.2 Å². The van der Waals surface area contributed by atoms with Crippen molar-refractivity contribution in [2.24, 2.45) is 0 Å². The van der Waals surface area contributed by atoms with E-state index in [-0.39, 0.29) is 5.91 Å². The Morgan fingerprint density at radius 3 is 2.75 bits per heavy atom. The van der Waals surface area contributed by atoms with E-state index in [1.807, 2.05) is 64.6 Å². The van der Waals surface area contributed by atoms with Crippen LogP contribution in [0.1, 0.15) is 33.7 Å². The number of benzene rings is 1. The third-order valence-corrected chi connectivity index (χ3v) is 6.34. The highest BCUT2D eigenvalue weighted by atomic mass is 32.2. The Labute approximate surface area is 171 Å². The van der Waals surface area contributed by atoms with E-state index in [0.29, 0.717) is 12.1 Å². The summed E-state index contributed by atoms with van der Waals surface area (Å²) in [4.78, 5) is 22.5. The van der Waals surface area contributed by atoms with Gasteiger partial charge in [-0.05, 0) is 42.8 Å². The van der Waals surface area contributed by atoms with Crippen LogP contribution in [0.2, 0.25) is 0 Å². The number of hydrogen-bond donors (Lipinski definition) is 1. The molecule has 28 heavy (non-hydrogen) atoms. The lowest BCUT2D eigenvalue weighted by Gasteiger charge is -2.05. The first-order valence-electron chi connectivity index (χ1n) is 9.08. The number of hydrogen-bond acceptors (Lipinski definition) is 5. The maximum atomic E-state index is 12.3. The van der Waals surface area contributed by atoms with Crippen LogP contribution >= 0.6 is 23.1 Å². The number of nitrogens with one attached hydrogen (secondary N) is 1. The van der Waals surface area contributed by atoms with Gasteiger partial charge in [0, 0.05) is 34.0 Å². The van der Waals surface area contributed by atoms with E-state index in [9.17, 15) is 4.79 Å². The molecule has 4 aromatic rings. The molecule has 7 heteroatoms. The van der Waals surface area contributed by atoms with Gasteiger partial charge in [-0.3, -0.25) is 4.79 Å². The van der Waals surface area contributed by atoms with Crippen molar-refractivity contribution >= 4 is 34.7 Å². The molecule has 0 saturated carbocycles. The van der Waals surface area contributed by atoms with E-state index in [0.717, 1.165) is 39.1 Å². The monoisotopic (exact) mass is 408 g/mol. The largest absolute Gasteiger partial charge is 0.346 e. The van der Waals surface area contributed by atoms with Crippen LogP contribution in [0.3, 0.4) is 0 Å². The standard InChI is InChI=1S/C21H20N4OS2/c1-2-20-24-16(13-28-20)11-22-21(26)15-6-8-18(9-7-15)27-14-17-12-25-10-4-3-5-19(25)23-17/h3-10,12-13H,2,11,14H2,1H3,(H,22,26). The minimum absolute atomic E-state index is 0.0806. The van der Waals surface area contributed by atoms with E-state index in [4.69, 9.17) is 0 Å². The van der Waals surface area contributed by atoms with E-state index in [1.54, 1.807) is 23.1 Å². The summed E-state index contributed by atoms with van der Waals surface area (Å²) in [5.74, 6) is 0.708. The van der Waals surface area contributed by atoms with Gasteiger partial charge in [0.25, 0.3) is 5.91 Å². The van der Waals surface area contributed by atoms with Gasteiger partial charge in [0.15, 0.2) is 0 Å². The van der Waals surface area contributed by atoms with Gasteiger partial charge in [0.1, 0.15) is 5.65 Å². The molecule has 1 N–H and O–H groups in total. The fourth-order valence-corrected chi connectivity index (χ4v) is 4.31. The van der Waals surface area contributed by atoms with Crippen LogP contribution in [0.15, 0.2) is 65.1 Å². The summed E-state index contributed by atoms with van der Waals surface area (Å²) in [6, 6.07) is 13.7. The maximum absolute atomic E-state index is 12.3. The molecule has 0 spiro atoms. The fourth-order valence-electron chi connectivity index (χ4n) is 2.78. The van der Waals surface area contributed by atoms with Crippen LogP contribution in [-0.2, 0) is 18.7 Å². The highest BCUT2D eigenvalue weighted by molar-refractivity contribution is 7.98. The minimum Gasteiger partial charge on any atom is -0.346 e. The molecule has 3 heterocycles. The quantitative estimate of drug-likeness (QED) is 0.455. The third kappa shape index (κ3) is 4.43. The minimum atomic E-state index is -0.0806. The number of carbonyl (C=O) groups is 1. The molecule has 0 radical (unpaired) electrons. The second-order valence-electron chi connectivity index (χ2n) is 6.28. The predicted molar refractivity (Wildman–Crippen MR) is 114 cm³/mol. The Kier molecular flexibility index (Phi) is 5.73. The molecule has 0 aliphatic rings. The number of fused-ring (bicyclic) bond motifs is 1. The molecular formula is C21H20N4OS2. The molecule has 0 aliphatic carbocycles. The molecule has 0 atom stereocenters. The maximum Gasteiger partial charge on any atom is 0.251 e. The molecular weight excluding hydrogens is 388 g/mol. The number of nitrogens with zero attached hydrogens (tertiary/aromatic N) is 3. The summed E-state index contributed by atoms with van der Waals surface area (Å²) in [5, 5.41) is 6.02. The van der Waals surface area contributed by atoms with Gasteiger partial charge >= 0.3 is 0 Å². The lowest BCUT2D eigenvalue weighted by molar-refractivity contribution is 0.0950. The number of aryl methyl sites for hydroxylation is 1. The number of rotatable bonds is 7. The predicted octanol–water partition coefficient (Wildman–Crippen LogP) is 4.58. The number of imidazole rings is 1. The average molecular weight is 409 g/mol. The Morgan fingerprint density at radius 1 is 1.14 bits per heavy atom. The van der Waals surface area contributed by atoms with Crippen molar-refractivity contribution in [3.63, 3.8) is 0 Å². The van der Waals surface area contributed by atoms with Gasteiger partial charge in [0.05, 0.1) is 22.9 Å². The van der Waals surface area contributed by atoms with Crippen molar-refractivity contribution in [2.75, 3.05) is 0 Å². The van der Waals surface area contributed by atoms with Crippen LogP contribution in [0.5, 0.6) is 0 Å². The van der Waals surface area contributed by atoms with Crippen molar-refractivity contribution in [3.8, 4) is 0 Å². The van der Waals surface area contributed by atoms with Gasteiger partial charge in [-0.1, -0.05) is 13.0 Å². The number of carbonyl (C=O) groups excluding carboxylic acids is 1. The fraction of sp³-hybridized carbons (Fsp3) is 0.190. The Balaban J connectivity index is 1.31. The molecule has 0 unspecified atom stereocenters. The zero-order chi connectivity index (χ0) is 19.3. The normalized spacial score (nSPS) is 11.0. The number of aromatic nitrogens is 3. The van der Waals surface area contributed by atoms with Crippen molar-refractivity contribution in [1.29, 1.82) is 0 Å². The summed E-state index contributed by atoms with van der Waals surface area (Å²) < 4.78 is 2.02. The smallest absolute Gasteiger partial charge is 0.251 e. The van der Waals surface area contributed by atoms with Gasteiger partial charge in [-0.25, -0.2) is 9.97 Å². The van der Waals surface area contributed by atoms with Crippen LogP contribution in [0.25, 0.3) is 5.65 Å². The molecule has 5 nitrogen and oxygen atoms in total. The molecule has 1 aromatic carbocycles. The lowest BCUT2D eigenvalue weighted by Crippen LogP contribution is -2.22. The first-order valence-corrected chi connectivity index (χ1v) is 10.9. The summed E-state index contributed by atoms with van der Waals surface area (Å²) >= 11 is 3.34. The summed E-state index contributed by atoms with van der Waals surface area (Å²) in [5.41, 5.74) is 3.56. The molecule has 0 fully saturated rings. The summed E-state index contributed by atoms with van der Waals surface area (Å²) in [7, 11) is 0. The Morgan fingerprint density at radius 2 is 2.00 bits per heavy atom. The Hall–Kier alpha value is -2.64. The molecule has 4 rings (SSSR count). The first kappa shape index (κ1) is 18.7. The summed E-state index contributed by atoms with van der Waals surface area (Å²) in [6.07, 6.45) is 4.97. The second-order valence-corrected chi connectivity index (χ2v) is 8.27. The zero-order valence-corrected chi connectivity index (χ0v) is 17.1. The highest BCUT2D eigenvalue weighted by Gasteiger charge is 2.08. The topological polar surface area (TPSA) is 59.3 Å². The zero-order valence-electron chi connectivity index (χ0n) is 15.5. The van der Waals surface area contributed by atoms with Crippen LogP contribution in [0.4, 0.5) is 0 Å². The molecule has 3 aromatic heterocycles. The van der Waals surface area contributed by atoms with E-state index in [2.05, 4.69) is 22.2 Å². The summed E-state index contributed by atoms with van der Waals surface area (Å²) in [6.45, 7) is 2.54. The van der Waals surface area contributed by atoms with Crippen molar-refractivity contribution in [1.82, 2.24) is 19.7 Å². The highest BCUT2D eigenvalue weighted by Crippen LogP contribution is 2.23. The third-order valence-electron chi connectivity index (χ3n) is 4.25. The number of thioether (sulfide) groups is 1. The molecule has 1 amide bonds. The average Bonchev–Trinajstić information content (AvgIpc) is 3.37. The van der Waals surface area contributed by atoms with Gasteiger partial charge in [0.2, 0.25) is 0 Å². The molecule has 142 valence electrons. The molecule has 0 saturated heterocycles. The van der Waals surface area contributed by atoms with E-state index < -0.39 is 0 Å². The first-order chi connectivity index (χ1) is 13.7. The lowest BCUT2D eigenvalue weighted by atomic mass is 10.2. The van der Waals surface area contributed by atoms with E-state index in [1.165, 1.54) is 0 Å². The number of thiazole rings is 1. The number of pyridine rings is 1. The molecule has 0 aliphatic heterocycles. The molecule has 0 bridgehead atoms. The van der Waals surface area contributed by atoms with Crippen LogP contribution < -0.4 is 5.32 Å². The van der Waals surface area contributed by atoms with Gasteiger partial charge in [-0.15, -0.1) is 23.1 Å². The SMILES string of the molecule is CCc1nc(CNC(=O)c2ccc(SCc3cn4ccccc4n3)cc2)cs1. The van der Waals surface area contributed by atoms with Crippen LogP contribution in [0, 0.1) is 0 Å². The Bertz CT molecular complexity index is 1050.